The van der Waals surface area contributed by atoms with Gasteiger partial charge in [-0.1, -0.05) is 18.6 Å². The van der Waals surface area contributed by atoms with Crippen molar-refractivity contribution in [2.75, 3.05) is 12.3 Å². The highest BCUT2D eigenvalue weighted by atomic mass is 16.5. The highest BCUT2D eigenvalue weighted by molar-refractivity contribution is 6.08. The fourth-order valence-electron chi connectivity index (χ4n) is 5.58. The van der Waals surface area contributed by atoms with Gasteiger partial charge >= 0.3 is 5.97 Å². The number of aromatic nitrogens is 3. The summed E-state index contributed by atoms with van der Waals surface area (Å²) in [6, 6.07) is 7.90. The maximum Gasteiger partial charge on any atom is 0.344 e. The van der Waals surface area contributed by atoms with Crippen molar-refractivity contribution < 1.29 is 9.53 Å². The van der Waals surface area contributed by atoms with Crippen LogP contribution in [0.4, 0.5) is 5.82 Å². The second kappa shape index (κ2) is 6.47. The molecule has 2 aromatic heterocycles. The summed E-state index contributed by atoms with van der Waals surface area (Å²) in [5.41, 5.74) is 9.71. The van der Waals surface area contributed by atoms with Gasteiger partial charge in [-0.3, -0.25) is 0 Å². The number of para-hydroxylation sites is 2. The van der Waals surface area contributed by atoms with Crippen LogP contribution in [-0.2, 0) is 4.74 Å². The van der Waals surface area contributed by atoms with E-state index in [1.54, 1.807) is 6.92 Å². The van der Waals surface area contributed by atoms with Crippen molar-refractivity contribution in [1.82, 2.24) is 14.5 Å². The first-order chi connectivity index (χ1) is 13.6. The van der Waals surface area contributed by atoms with Crippen LogP contribution >= 0.6 is 0 Å². The molecule has 6 heteroatoms. The number of esters is 1. The lowest BCUT2D eigenvalue weighted by atomic mass is 9.84. The summed E-state index contributed by atoms with van der Waals surface area (Å²) < 4.78 is 7.34. The van der Waals surface area contributed by atoms with Gasteiger partial charge in [0, 0.05) is 6.04 Å². The lowest BCUT2D eigenvalue weighted by Gasteiger charge is -2.30. The number of carbonyl (C=O) groups is 1. The van der Waals surface area contributed by atoms with Crippen LogP contribution in [0.15, 0.2) is 24.3 Å². The number of anilines is 1. The average Bonchev–Trinajstić information content (AvgIpc) is 3.38. The Morgan fingerprint density at radius 3 is 2.64 bits per heavy atom. The van der Waals surface area contributed by atoms with E-state index in [1.165, 1.54) is 25.7 Å². The van der Waals surface area contributed by atoms with Gasteiger partial charge in [-0.25, -0.2) is 14.8 Å². The van der Waals surface area contributed by atoms with Gasteiger partial charge in [0.25, 0.3) is 0 Å². The van der Waals surface area contributed by atoms with Gasteiger partial charge in [0.1, 0.15) is 16.9 Å². The van der Waals surface area contributed by atoms with E-state index in [-0.39, 0.29) is 6.04 Å². The summed E-state index contributed by atoms with van der Waals surface area (Å²) in [5, 5.41) is 0. The predicted octanol–water partition coefficient (Wildman–Crippen LogP) is 4.34. The Labute approximate surface area is 164 Å². The van der Waals surface area contributed by atoms with Crippen molar-refractivity contribution in [2.45, 2.75) is 45.6 Å². The number of benzene rings is 1. The third kappa shape index (κ3) is 2.50. The maximum absolute atomic E-state index is 12.7. The maximum atomic E-state index is 12.7. The number of hydrogen-bond donors (Lipinski definition) is 1. The van der Waals surface area contributed by atoms with E-state index in [0.717, 1.165) is 22.9 Å². The highest BCUT2D eigenvalue weighted by Gasteiger charge is 2.43. The molecule has 0 radical (unpaired) electrons. The minimum Gasteiger partial charge on any atom is -0.462 e. The van der Waals surface area contributed by atoms with Gasteiger partial charge in [0.15, 0.2) is 5.65 Å². The molecule has 3 aromatic rings. The molecule has 1 aromatic carbocycles. The average molecular weight is 378 g/mol. The fraction of sp³-hybridized carbons (Fsp3) is 0.500. The second-order valence-corrected chi connectivity index (χ2v) is 8.31. The molecule has 2 fully saturated rings. The SMILES string of the molecule is CCOC(=O)c1c(N)n(C(C)C2CC3CCC2C3)c2nc3ccccc3nc12. The predicted molar refractivity (Wildman–Crippen MR) is 109 cm³/mol. The van der Waals surface area contributed by atoms with Gasteiger partial charge < -0.3 is 15.0 Å². The minimum absolute atomic E-state index is 0.177. The van der Waals surface area contributed by atoms with Crippen LogP contribution in [0.3, 0.4) is 0 Å². The summed E-state index contributed by atoms with van der Waals surface area (Å²) in [6.07, 6.45) is 5.22. The largest absolute Gasteiger partial charge is 0.462 e. The van der Waals surface area contributed by atoms with Crippen molar-refractivity contribution >= 4 is 34.0 Å². The summed E-state index contributed by atoms with van der Waals surface area (Å²) in [4.78, 5) is 22.3. The van der Waals surface area contributed by atoms with E-state index in [9.17, 15) is 4.79 Å². The molecule has 28 heavy (non-hydrogen) atoms. The number of nitrogens with zero attached hydrogens (tertiary/aromatic N) is 3. The molecule has 2 aliphatic carbocycles. The number of hydrogen-bond acceptors (Lipinski definition) is 5. The van der Waals surface area contributed by atoms with Crippen LogP contribution in [0.2, 0.25) is 0 Å². The molecule has 2 aliphatic rings. The normalized spacial score (nSPS) is 24.9. The lowest BCUT2D eigenvalue weighted by molar-refractivity contribution is 0.0529. The molecule has 2 bridgehead atoms. The summed E-state index contributed by atoms with van der Waals surface area (Å²) in [5.74, 6) is 2.17. The van der Waals surface area contributed by atoms with E-state index >= 15 is 0 Å². The number of rotatable bonds is 4. The quantitative estimate of drug-likeness (QED) is 0.683. The van der Waals surface area contributed by atoms with E-state index in [2.05, 4.69) is 6.92 Å². The highest BCUT2D eigenvalue weighted by Crippen LogP contribution is 2.53. The molecular formula is C22H26N4O2. The van der Waals surface area contributed by atoms with Crippen LogP contribution in [0.25, 0.3) is 22.2 Å². The Morgan fingerprint density at radius 1 is 1.25 bits per heavy atom. The van der Waals surface area contributed by atoms with E-state index < -0.39 is 5.97 Å². The van der Waals surface area contributed by atoms with Crippen molar-refractivity contribution in [2.24, 2.45) is 17.8 Å². The number of nitrogens with two attached hydrogens (primary N) is 1. The third-order valence-electron chi connectivity index (χ3n) is 6.83. The molecule has 146 valence electrons. The zero-order chi connectivity index (χ0) is 19.4. The van der Waals surface area contributed by atoms with Crippen LogP contribution in [0, 0.1) is 17.8 Å². The molecule has 0 aliphatic heterocycles. The Morgan fingerprint density at radius 2 is 2.00 bits per heavy atom. The monoisotopic (exact) mass is 378 g/mol. The molecule has 4 unspecified atom stereocenters. The fourth-order valence-corrected chi connectivity index (χ4v) is 5.58. The molecule has 2 saturated carbocycles. The second-order valence-electron chi connectivity index (χ2n) is 8.31. The summed E-state index contributed by atoms with van der Waals surface area (Å²) in [7, 11) is 0. The van der Waals surface area contributed by atoms with E-state index in [1.807, 2.05) is 28.8 Å². The van der Waals surface area contributed by atoms with Crippen LogP contribution in [-0.4, -0.2) is 27.1 Å². The standard InChI is InChI=1S/C22H26N4O2/c1-3-28-22(27)18-19-21(25-17-7-5-4-6-16(17)24-19)26(20(18)23)12(2)15-11-13-8-9-14(15)10-13/h4-7,12-15H,3,8-11,23H2,1-2H3. The molecule has 2 heterocycles. The number of fused-ring (bicyclic) bond motifs is 4. The van der Waals surface area contributed by atoms with Crippen LogP contribution < -0.4 is 5.73 Å². The summed E-state index contributed by atoms with van der Waals surface area (Å²) >= 11 is 0. The van der Waals surface area contributed by atoms with Gasteiger partial charge in [-0.05, 0) is 63.0 Å². The first-order valence-electron chi connectivity index (χ1n) is 10.3. The first-order valence-corrected chi connectivity index (χ1v) is 10.3. The van der Waals surface area contributed by atoms with Gasteiger partial charge in [-0.2, -0.15) is 0 Å². The van der Waals surface area contributed by atoms with Crippen LogP contribution in [0.5, 0.6) is 0 Å². The third-order valence-corrected chi connectivity index (χ3v) is 6.83. The molecule has 5 rings (SSSR count). The minimum atomic E-state index is -0.423. The van der Waals surface area contributed by atoms with Gasteiger partial charge in [0.2, 0.25) is 0 Å². The van der Waals surface area contributed by atoms with Crippen LogP contribution in [0.1, 0.15) is 55.9 Å². The molecule has 2 N–H and O–H groups in total. The zero-order valence-electron chi connectivity index (χ0n) is 16.4. The topological polar surface area (TPSA) is 83.0 Å². The molecule has 0 spiro atoms. The van der Waals surface area contributed by atoms with Crippen molar-refractivity contribution in [3.8, 4) is 0 Å². The zero-order valence-corrected chi connectivity index (χ0v) is 16.4. The Kier molecular flexibility index (Phi) is 4.03. The van der Waals surface area contributed by atoms with Gasteiger partial charge in [-0.15, -0.1) is 0 Å². The number of carbonyl (C=O) groups excluding carboxylic acids is 1. The lowest BCUT2D eigenvalue weighted by Crippen LogP contribution is -2.23. The molecule has 0 saturated heterocycles. The molecule has 6 nitrogen and oxygen atoms in total. The number of ether oxygens (including phenoxy) is 1. The Balaban J connectivity index is 1.72. The van der Waals surface area contributed by atoms with Crippen molar-refractivity contribution in [3.63, 3.8) is 0 Å². The van der Waals surface area contributed by atoms with Gasteiger partial charge in [0.05, 0.1) is 17.6 Å². The van der Waals surface area contributed by atoms with E-state index in [4.69, 9.17) is 20.4 Å². The van der Waals surface area contributed by atoms with Crippen molar-refractivity contribution in [3.05, 3.63) is 29.8 Å². The smallest absolute Gasteiger partial charge is 0.344 e. The van der Waals surface area contributed by atoms with E-state index in [0.29, 0.717) is 35.1 Å². The number of nitrogen functional groups attached to an aromatic ring is 1. The summed E-state index contributed by atoms with van der Waals surface area (Å²) in [6.45, 7) is 4.31. The Bertz CT molecular complexity index is 1070. The molecule has 4 atom stereocenters. The Hall–Kier alpha value is -2.63. The molecular weight excluding hydrogens is 352 g/mol. The molecule has 0 amide bonds. The van der Waals surface area contributed by atoms with Crippen molar-refractivity contribution in [1.29, 1.82) is 0 Å². The first kappa shape index (κ1) is 17.5.